The number of nitrogens with one attached hydrogen (secondary N) is 1. The molecule has 0 heterocycles. The fraction of sp³-hybridized carbons (Fsp3) is 0.462. The Morgan fingerprint density at radius 3 is 2.50 bits per heavy atom. The topological polar surface area (TPSA) is 55.1 Å². The van der Waals surface area contributed by atoms with Crippen molar-refractivity contribution >= 4 is 5.91 Å². The maximum Gasteiger partial charge on any atom is 0.224 e. The van der Waals surface area contributed by atoms with Crippen LogP contribution < -0.4 is 11.1 Å². The molecule has 1 aliphatic carbocycles. The van der Waals surface area contributed by atoms with Gasteiger partial charge >= 0.3 is 0 Å². The summed E-state index contributed by atoms with van der Waals surface area (Å²) in [6.07, 6.45) is 1.89. The van der Waals surface area contributed by atoms with Crippen LogP contribution in [-0.2, 0) is 17.6 Å². The first-order chi connectivity index (χ1) is 7.70. The highest BCUT2D eigenvalue weighted by Crippen LogP contribution is 2.21. The Hall–Kier alpha value is -1.35. The van der Waals surface area contributed by atoms with Crippen molar-refractivity contribution < 1.29 is 4.79 Å². The van der Waals surface area contributed by atoms with E-state index in [0.29, 0.717) is 6.54 Å². The number of hydrogen-bond donors (Lipinski definition) is 2. The van der Waals surface area contributed by atoms with Crippen LogP contribution in [0.25, 0.3) is 0 Å². The van der Waals surface area contributed by atoms with Crippen molar-refractivity contribution in [3.63, 3.8) is 0 Å². The quantitative estimate of drug-likeness (QED) is 0.790. The maximum atomic E-state index is 11.7. The molecule has 16 heavy (non-hydrogen) atoms. The molecule has 1 aromatic rings. The third-order valence-electron chi connectivity index (χ3n) is 3.20. The number of carbonyl (C=O) groups is 1. The summed E-state index contributed by atoms with van der Waals surface area (Å²) in [5.41, 5.74) is 8.18. The largest absolute Gasteiger partial charge is 0.352 e. The molecule has 1 atom stereocenters. The van der Waals surface area contributed by atoms with E-state index < -0.39 is 0 Å². The molecule has 2 rings (SSSR count). The SMILES string of the molecule is CC(CN)C(=O)NC1Cc2ccccc2C1. The maximum absolute atomic E-state index is 11.7. The van der Waals surface area contributed by atoms with Crippen LogP contribution in [0.3, 0.4) is 0 Å². The van der Waals surface area contributed by atoms with E-state index in [4.69, 9.17) is 5.73 Å². The van der Waals surface area contributed by atoms with Gasteiger partial charge in [0.05, 0.1) is 0 Å². The smallest absolute Gasteiger partial charge is 0.224 e. The molecular formula is C13H18N2O. The molecule has 3 nitrogen and oxygen atoms in total. The van der Waals surface area contributed by atoms with E-state index in [-0.39, 0.29) is 17.9 Å². The Balaban J connectivity index is 1.95. The lowest BCUT2D eigenvalue weighted by Crippen LogP contribution is -2.40. The molecule has 0 saturated carbocycles. The minimum atomic E-state index is -0.0938. The van der Waals surface area contributed by atoms with E-state index in [1.54, 1.807) is 0 Å². The van der Waals surface area contributed by atoms with E-state index in [0.717, 1.165) is 12.8 Å². The average molecular weight is 218 g/mol. The van der Waals surface area contributed by atoms with Gasteiger partial charge in [-0.15, -0.1) is 0 Å². The van der Waals surface area contributed by atoms with Crippen LogP contribution in [0.5, 0.6) is 0 Å². The Bertz CT molecular complexity index is 364. The van der Waals surface area contributed by atoms with E-state index in [2.05, 4.69) is 17.4 Å². The summed E-state index contributed by atoms with van der Waals surface area (Å²) in [5.74, 6) is -0.0241. The highest BCUT2D eigenvalue weighted by atomic mass is 16.1. The van der Waals surface area contributed by atoms with Gasteiger partial charge in [0.25, 0.3) is 0 Å². The standard InChI is InChI=1S/C13H18N2O/c1-9(8-14)13(16)15-12-6-10-4-2-3-5-11(10)7-12/h2-5,9,12H,6-8,14H2,1H3,(H,15,16). The zero-order valence-electron chi connectivity index (χ0n) is 9.57. The van der Waals surface area contributed by atoms with Crippen LogP contribution >= 0.6 is 0 Å². The molecule has 0 spiro atoms. The lowest BCUT2D eigenvalue weighted by molar-refractivity contribution is -0.124. The third-order valence-corrected chi connectivity index (χ3v) is 3.20. The van der Waals surface area contributed by atoms with Gasteiger partial charge in [-0.3, -0.25) is 4.79 Å². The number of carbonyl (C=O) groups excluding carboxylic acids is 1. The van der Waals surface area contributed by atoms with Gasteiger partial charge in [0.1, 0.15) is 0 Å². The fourth-order valence-corrected chi connectivity index (χ4v) is 2.11. The van der Waals surface area contributed by atoms with Gasteiger partial charge in [0.15, 0.2) is 0 Å². The number of hydrogen-bond acceptors (Lipinski definition) is 2. The number of amides is 1. The molecule has 0 fully saturated rings. The number of fused-ring (bicyclic) bond motifs is 1. The van der Waals surface area contributed by atoms with Crippen molar-refractivity contribution in [2.24, 2.45) is 11.7 Å². The summed E-state index contributed by atoms with van der Waals surface area (Å²) >= 11 is 0. The molecule has 0 radical (unpaired) electrons. The second kappa shape index (κ2) is 4.66. The van der Waals surface area contributed by atoms with Crippen molar-refractivity contribution in [3.05, 3.63) is 35.4 Å². The summed E-state index contributed by atoms with van der Waals surface area (Å²) in [6.45, 7) is 2.27. The predicted molar refractivity (Wildman–Crippen MR) is 64.0 cm³/mol. The van der Waals surface area contributed by atoms with E-state index in [9.17, 15) is 4.79 Å². The van der Waals surface area contributed by atoms with Gasteiger partial charge in [-0.25, -0.2) is 0 Å². The van der Waals surface area contributed by atoms with Crippen LogP contribution in [-0.4, -0.2) is 18.5 Å². The zero-order valence-corrected chi connectivity index (χ0v) is 9.57. The molecule has 86 valence electrons. The molecule has 3 heteroatoms. The van der Waals surface area contributed by atoms with Crippen molar-refractivity contribution in [3.8, 4) is 0 Å². The van der Waals surface area contributed by atoms with Crippen molar-refractivity contribution in [1.82, 2.24) is 5.32 Å². The Morgan fingerprint density at radius 1 is 1.44 bits per heavy atom. The summed E-state index contributed by atoms with van der Waals surface area (Å²) in [7, 11) is 0. The van der Waals surface area contributed by atoms with Gasteiger partial charge in [0.2, 0.25) is 5.91 Å². The summed E-state index contributed by atoms with van der Waals surface area (Å²) in [5, 5.41) is 3.06. The van der Waals surface area contributed by atoms with E-state index in [1.807, 2.05) is 19.1 Å². The first-order valence-corrected chi connectivity index (χ1v) is 5.78. The molecule has 1 aromatic carbocycles. The van der Waals surface area contributed by atoms with E-state index >= 15 is 0 Å². The Morgan fingerprint density at radius 2 is 2.00 bits per heavy atom. The van der Waals surface area contributed by atoms with Crippen LogP contribution in [0.4, 0.5) is 0 Å². The van der Waals surface area contributed by atoms with Gasteiger partial charge in [-0.05, 0) is 24.0 Å². The average Bonchev–Trinajstić information content (AvgIpc) is 2.69. The highest BCUT2D eigenvalue weighted by molar-refractivity contribution is 5.79. The number of nitrogens with two attached hydrogens (primary N) is 1. The molecule has 0 aliphatic heterocycles. The normalized spacial score (nSPS) is 16.9. The second-order valence-electron chi connectivity index (χ2n) is 4.52. The number of rotatable bonds is 3. The van der Waals surface area contributed by atoms with Crippen LogP contribution in [0.2, 0.25) is 0 Å². The lowest BCUT2D eigenvalue weighted by atomic mass is 10.1. The highest BCUT2D eigenvalue weighted by Gasteiger charge is 2.23. The molecule has 0 aromatic heterocycles. The summed E-state index contributed by atoms with van der Waals surface area (Å²) in [4.78, 5) is 11.7. The first-order valence-electron chi connectivity index (χ1n) is 5.78. The molecule has 1 unspecified atom stereocenters. The van der Waals surface area contributed by atoms with Crippen LogP contribution in [0.15, 0.2) is 24.3 Å². The molecule has 1 aliphatic rings. The molecular weight excluding hydrogens is 200 g/mol. The van der Waals surface area contributed by atoms with E-state index in [1.165, 1.54) is 11.1 Å². The van der Waals surface area contributed by atoms with Crippen molar-refractivity contribution in [1.29, 1.82) is 0 Å². The fourth-order valence-electron chi connectivity index (χ4n) is 2.11. The number of benzene rings is 1. The molecule has 0 bridgehead atoms. The minimum absolute atomic E-state index is 0.0697. The summed E-state index contributed by atoms with van der Waals surface area (Å²) < 4.78 is 0. The van der Waals surface area contributed by atoms with Gasteiger partial charge in [-0.2, -0.15) is 0 Å². The van der Waals surface area contributed by atoms with Crippen LogP contribution in [0, 0.1) is 5.92 Å². The summed E-state index contributed by atoms with van der Waals surface area (Å²) in [6, 6.07) is 8.61. The Labute approximate surface area is 96.0 Å². The Kier molecular flexibility index (Phi) is 3.25. The molecule has 0 saturated heterocycles. The molecule has 3 N–H and O–H groups in total. The second-order valence-corrected chi connectivity index (χ2v) is 4.52. The van der Waals surface area contributed by atoms with Crippen LogP contribution in [0.1, 0.15) is 18.1 Å². The van der Waals surface area contributed by atoms with Gasteiger partial charge < -0.3 is 11.1 Å². The first kappa shape index (κ1) is 11.1. The zero-order chi connectivity index (χ0) is 11.5. The van der Waals surface area contributed by atoms with Crippen molar-refractivity contribution in [2.75, 3.05) is 6.54 Å². The lowest BCUT2D eigenvalue weighted by Gasteiger charge is -2.15. The predicted octanol–water partition coefficient (Wildman–Crippen LogP) is 0.865. The molecule has 1 amide bonds. The van der Waals surface area contributed by atoms with Gasteiger partial charge in [-0.1, -0.05) is 31.2 Å². The van der Waals surface area contributed by atoms with Crippen molar-refractivity contribution in [2.45, 2.75) is 25.8 Å². The third kappa shape index (κ3) is 2.25. The minimum Gasteiger partial charge on any atom is -0.352 e. The monoisotopic (exact) mass is 218 g/mol. The van der Waals surface area contributed by atoms with Gasteiger partial charge in [0, 0.05) is 18.5 Å².